The van der Waals surface area contributed by atoms with E-state index in [1.54, 1.807) is 0 Å². The average Bonchev–Trinajstić information content (AvgIpc) is 2.43. The first-order valence-corrected chi connectivity index (χ1v) is 8.97. The van der Waals surface area contributed by atoms with Crippen molar-refractivity contribution in [3.05, 3.63) is 23.3 Å². The summed E-state index contributed by atoms with van der Waals surface area (Å²) in [5.41, 5.74) is 2.15. The molecule has 0 saturated heterocycles. The van der Waals surface area contributed by atoms with Crippen molar-refractivity contribution >= 4 is 0 Å². The number of benzene rings is 1. The zero-order valence-corrected chi connectivity index (χ0v) is 14.5. The van der Waals surface area contributed by atoms with E-state index >= 15 is 0 Å². The van der Waals surface area contributed by atoms with Gasteiger partial charge in [-0.3, -0.25) is 0 Å². The Balaban J connectivity index is 2.01. The van der Waals surface area contributed by atoms with Gasteiger partial charge in [-0.25, -0.2) is 0 Å². The molecule has 1 fully saturated rings. The first-order chi connectivity index (χ1) is 10.4. The highest BCUT2D eigenvalue weighted by Gasteiger charge is 2.46. The maximum absolute atomic E-state index is 10.7. The summed E-state index contributed by atoms with van der Waals surface area (Å²) in [4.78, 5) is 0. The molecule has 22 heavy (non-hydrogen) atoms. The van der Waals surface area contributed by atoms with Gasteiger partial charge in [-0.05, 0) is 69.1 Å². The summed E-state index contributed by atoms with van der Waals surface area (Å²) in [7, 11) is 0. The number of phenolic OH excluding ortho intramolecular Hbond substituents is 1. The van der Waals surface area contributed by atoms with Crippen LogP contribution in [0.15, 0.2) is 12.1 Å². The van der Waals surface area contributed by atoms with Crippen molar-refractivity contribution in [2.24, 2.45) is 11.8 Å². The van der Waals surface area contributed by atoms with Gasteiger partial charge < -0.3 is 9.84 Å². The predicted molar refractivity (Wildman–Crippen MR) is 90.7 cm³/mol. The molecule has 122 valence electrons. The highest BCUT2D eigenvalue weighted by Crippen LogP contribution is 2.55. The van der Waals surface area contributed by atoms with Gasteiger partial charge in [-0.1, -0.05) is 26.7 Å². The van der Waals surface area contributed by atoms with Crippen LogP contribution in [0.4, 0.5) is 0 Å². The SMILES string of the molecule is CCCCc1cc(O)c2c(c1)OC(C)(C)C1CCC(C)CC21. The monoisotopic (exact) mass is 302 g/mol. The number of unbranched alkanes of at least 4 members (excludes halogenated alkanes) is 1. The minimum Gasteiger partial charge on any atom is -0.508 e. The van der Waals surface area contributed by atoms with Crippen LogP contribution in [0.2, 0.25) is 0 Å². The van der Waals surface area contributed by atoms with Crippen LogP contribution in [0.1, 0.15) is 76.8 Å². The summed E-state index contributed by atoms with van der Waals surface area (Å²) in [6, 6.07) is 4.16. The summed E-state index contributed by atoms with van der Waals surface area (Å²) in [5, 5.41) is 10.7. The Labute approximate surface area is 134 Å². The minimum atomic E-state index is -0.131. The molecule has 1 aliphatic carbocycles. The van der Waals surface area contributed by atoms with Crippen LogP contribution in [0.3, 0.4) is 0 Å². The largest absolute Gasteiger partial charge is 0.508 e. The van der Waals surface area contributed by atoms with Gasteiger partial charge >= 0.3 is 0 Å². The number of hydrogen-bond acceptors (Lipinski definition) is 2. The van der Waals surface area contributed by atoms with Crippen LogP contribution in [-0.2, 0) is 6.42 Å². The minimum absolute atomic E-state index is 0.131. The van der Waals surface area contributed by atoms with Gasteiger partial charge in [0.15, 0.2) is 0 Å². The number of fused-ring (bicyclic) bond motifs is 3. The zero-order valence-electron chi connectivity index (χ0n) is 14.5. The lowest BCUT2D eigenvalue weighted by atomic mass is 9.64. The molecule has 3 unspecified atom stereocenters. The second-order valence-corrected chi connectivity index (χ2v) is 7.97. The molecular weight excluding hydrogens is 272 g/mol. The molecule has 1 aromatic carbocycles. The fraction of sp³-hybridized carbons (Fsp3) is 0.700. The number of phenols is 1. The van der Waals surface area contributed by atoms with E-state index in [9.17, 15) is 5.11 Å². The third kappa shape index (κ3) is 2.73. The van der Waals surface area contributed by atoms with Crippen molar-refractivity contribution in [2.75, 3.05) is 0 Å². The summed E-state index contributed by atoms with van der Waals surface area (Å²) in [5.74, 6) is 3.10. The third-order valence-electron chi connectivity index (χ3n) is 5.75. The molecule has 1 aromatic rings. The van der Waals surface area contributed by atoms with Gasteiger partial charge in [0.25, 0.3) is 0 Å². The summed E-state index contributed by atoms with van der Waals surface area (Å²) in [6.45, 7) is 8.98. The lowest BCUT2D eigenvalue weighted by Crippen LogP contribution is -2.46. The lowest BCUT2D eigenvalue weighted by molar-refractivity contribution is -0.0145. The van der Waals surface area contributed by atoms with E-state index in [2.05, 4.69) is 33.8 Å². The smallest absolute Gasteiger partial charge is 0.127 e. The number of aryl methyl sites for hydroxylation is 1. The van der Waals surface area contributed by atoms with Gasteiger partial charge in [-0.15, -0.1) is 0 Å². The molecule has 3 atom stereocenters. The predicted octanol–water partition coefficient (Wildman–Crippen LogP) is 5.43. The van der Waals surface area contributed by atoms with Crippen molar-refractivity contribution in [1.29, 1.82) is 0 Å². The second kappa shape index (κ2) is 5.79. The maximum Gasteiger partial charge on any atom is 0.127 e. The molecule has 0 radical (unpaired) electrons. The van der Waals surface area contributed by atoms with Gasteiger partial charge in [-0.2, -0.15) is 0 Å². The highest BCUT2D eigenvalue weighted by molar-refractivity contribution is 5.52. The van der Waals surface area contributed by atoms with Gasteiger partial charge in [0, 0.05) is 11.5 Å². The van der Waals surface area contributed by atoms with E-state index in [1.807, 2.05) is 6.07 Å². The Morgan fingerprint density at radius 2 is 2.05 bits per heavy atom. The van der Waals surface area contributed by atoms with Crippen molar-refractivity contribution in [3.63, 3.8) is 0 Å². The second-order valence-electron chi connectivity index (χ2n) is 7.97. The quantitative estimate of drug-likeness (QED) is 0.807. The number of rotatable bonds is 3. The molecule has 1 heterocycles. The van der Waals surface area contributed by atoms with Crippen LogP contribution >= 0.6 is 0 Å². The molecular formula is C20H30O2. The molecule has 2 aliphatic rings. The lowest BCUT2D eigenvalue weighted by Gasteiger charge is -2.48. The Bertz CT molecular complexity index is 547. The van der Waals surface area contributed by atoms with Crippen LogP contribution < -0.4 is 4.74 Å². The van der Waals surface area contributed by atoms with Crippen LogP contribution in [0.5, 0.6) is 11.5 Å². The van der Waals surface area contributed by atoms with Crippen molar-refractivity contribution in [3.8, 4) is 11.5 Å². The van der Waals surface area contributed by atoms with E-state index in [0.29, 0.717) is 17.6 Å². The molecule has 1 aliphatic heterocycles. The zero-order chi connectivity index (χ0) is 15.9. The average molecular weight is 302 g/mol. The van der Waals surface area contributed by atoms with E-state index in [1.165, 1.54) is 31.2 Å². The standard InChI is InChI=1S/C20H30O2/c1-5-6-7-14-11-17(21)19-15-10-13(2)8-9-16(15)20(3,4)22-18(19)12-14/h11-13,15-16,21H,5-10H2,1-4H3. The van der Waals surface area contributed by atoms with Gasteiger partial charge in [0.05, 0.1) is 0 Å². The number of hydrogen-bond donors (Lipinski definition) is 1. The maximum atomic E-state index is 10.7. The topological polar surface area (TPSA) is 29.5 Å². The molecule has 1 saturated carbocycles. The van der Waals surface area contributed by atoms with Crippen LogP contribution in [-0.4, -0.2) is 10.7 Å². The highest BCUT2D eigenvalue weighted by atomic mass is 16.5. The molecule has 0 amide bonds. The van der Waals surface area contributed by atoms with Crippen molar-refractivity contribution in [1.82, 2.24) is 0 Å². The fourth-order valence-corrected chi connectivity index (χ4v) is 4.54. The Morgan fingerprint density at radius 1 is 1.27 bits per heavy atom. The molecule has 0 aromatic heterocycles. The molecule has 1 N–H and O–H groups in total. The van der Waals surface area contributed by atoms with E-state index in [0.717, 1.165) is 30.1 Å². The van der Waals surface area contributed by atoms with E-state index < -0.39 is 0 Å². The van der Waals surface area contributed by atoms with Crippen LogP contribution in [0.25, 0.3) is 0 Å². The molecule has 0 spiro atoms. The van der Waals surface area contributed by atoms with Gasteiger partial charge in [0.2, 0.25) is 0 Å². The normalized spacial score (nSPS) is 29.4. The Hall–Kier alpha value is -1.18. The molecule has 2 heteroatoms. The third-order valence-corrected chi connectivity index (χ3v) is 5.75. The van der Waals surface area contributed by atoms with Gasteiger partial charge in [0.1, 0.15) is 17.1 Å². The summed E-state index contributed by atoms with van der Waals surface area (Å²) < 4.78 is 6.37. The number of ether oxygens (including phenoxy) is 1. The van der Waals surface area contributed by atoms with Crippen molar-refractivity contribution in [2.45, 2.75) is 77.7 Å². The summed E-state index contributed by atoms with van der Waals surface area (Å²) in [6.07, 6.45) is 7.00. The van der Waals surface area contributed by atoms with E-state index in [4.69, 9.17) is 4.74 Å². The Morgan fingerprint density at radius 3 is 2.77 bits per heavy atom. The van der Waals surface area contributed by atoms with Crippen molar-refractivity contribution < 1.29 is 9.84 Å². The number of aromatic hydroxyl groups is 1. The molecule has 3 rings (SSSR count). The first kappa shape index (κ1) is 15.7. The fourth-order valence-electron chi connectivity index (χ4n) is 4.54. The Kier molecular flexibility index (Phi) is 4.13. The molecule has 0 bridgehead atoms. The van der Waals surface area contributed by atoms with E-state index in [-0.39, 0.29) is 5.60 Å². The van der Waals surface area contributed by atoms with Crippen LogP contribution in [0, 0.1) is 11.8 Å². The summed E-state index contributed by atoms with van der Waals surface area (Å²) >= 11 is 0. The first-order valence-electron chi connectivity index (χ1n) is 8.97. The molecule has 2 nitrogen and oxygen atoms in total.